The number of benzene rings is 1. The van der Waals surface area contributed by atoms with Gasteiger partial charge >= 0.3 is 5.63 Å². The predicted molar refractivity (Wildman–Crippen MR) is 86.0 cm³/mol. The number of piperazine rings is 1. The topological polar surface area (TPSA) is 56.9 Å². The Bertz CT molecular complexity index is 703. The monoisotopic (exact) mass is 302 g/mol. The van der Waals surface area contributed by atoms with Crippen LogP contribution >= 0.6 is 0 Å². The highest BCUT2D eigenvalue weighted by Crippen LogP contribution is 2.20. The van der Waals surface area contributed by atoms with E-state index in [-0.39, 0.29) is 12.2 Å². The lowest BCUT2D eigenvalue weighted by molar-refractivity contribution is 0.108. The van der Waals surface area contributed by atoms with Crippen LogP contribution in [0.4, 0.5) is 0 Å². The summed E-state index contributed by atoms with van der Waals surface area (Å²) in [6.07, 6.45) is 0. The van der Waals surface area contributed by atoms with Gasteiger partial charge in [0.2, 0.25) is 0 Å². The van der Waals surface area contributed by atoms with E-state index in [0.717, 1.165) is 55.8 Å². The van der Waals surface area contributed by atoms with E-state index in [1.165, 1.54) is 0 Å². The molecule has 1 saturated heterocycles. The minimum Gasteiger partial charge on any atom is -0.423 e. The zero-order valence-electron chi connectivity index (χ0n) is 12.9. The Morgan fingerprint density at radius 1 is 1.14 bits per heavy atom. The van der Waals surface area contributed by atoms with Gasteiger partial charge in [-0.1, -0.05) is 11.6 Å². The van der Waals surface area contributed by atoms with Gasteiger partial charge in [0.25, 0.3) is 0 Å². The minimum atomic E-state index is -0.287. The van der Waals surface area contributed by atoms with Gasteiger partial charge in [0.15, 0.2) is 0 Å². The Balaban J connectivity index is 1.79. The average Bonchev–Trinajstić information content (AvgIpc) is 2.50. The minimum absolute atomic E-state index is 0.212. The molecule has 2 aromatic rings. The zero-order valence-corrected chi connectivity index (χ0v) is 12.9. The fourth-order valence-electron chi connectivity index (χ4n) is 3.03. The third kappa shape index (κ3) is 3.38. The number of hydrogen-bond donors (Lipinski definition) is 1. The highest BCUT2D eigenvalue weighted by atomic mass is 16.4. The van der Waals surface area contributed by atoms with Crippen molar-refractivity contribution in [2.24, 2.45) is 0 Å². The van der Waals surface area contributed by atoms with E-state index in [9.17, 15) is 4.79 Å². The van der Waals surface area contributed by atoms with Gasteiger partial charge in [-0.2, -0.15) is 0 Å². The van der Waals surface area contributed by atoms with Crippen LogP contribution in [0.15, 0.2) is 33.5 Å². The van der Waals surface area contributed by atoms with Crippen LogP contribution in [0.1, 0.15) is 11.1 Å². The van der Waals surface area contributed by atoms with Crippen molar-refractivity contribution in [2.75, 3.05) is 39.3 Å². The first-order valence-corrected chi connectivity index (χ1v) is 7.74. The average molecular weight is 302 g/mol. The van der Waals surface area contributed by atoms with Crippen molar-refractivity contribution < 1.29 is 9.52 Å². The second-order valence-corrected chi connectivity index (χ2v) is 5.93. The summed E-state index contributed by atoms with van der Waals surface area (Å²) in [7, 11) is 0. The molecule has 0 unspecified atom stereocenters. The molecule has 1 N–H and O–H groups in total. The second kappa shape index (κ2) is 6.60. The molecule has 0 radical (unpaired) electrons. The second-order valence-electron chi connectivity index (χ2n) is 5.93. The van der Waals surface area contributed by atoms with Crippen LogP contribution < -0.4 is 5.63 Å². The van der Waals surface area contributed by atoms with Gasteiger partial charge in [0, 0.05) is 50.7 Å². The quantitative estimate of drug-likeness (QED) is 0.861. The number of hydrogen-bond acceptors (Lipinski definition) is 5. The van der Waals surface area contributed by atoms with Gasteiger partial charge in [0.1, 0.15) is 5.58 Å². The molecule has 0 atom stereocenters. The van der Waals surface area contributed by atoms with E-state index in [2.05, 4.69) is 15.9 Å². The highest BCUT2D eigenvalue weighted by molar-refractivity contribution is 5.80. The van der Waals surface area contributed by atoms with Crippen molar-refractivity contribution in [1.29, 1.82) is 0 Å². The maximum absolute atomic E-state index is 11.7. The SMILES string of the molecule is Cc1ccc2oc(=O)cc(CN3CCN(CCO)CC3)c2c1. The summed E-state index contributed by atoms with van der Waals surface area (Å²) in [5, 5.41) is 10.0. The molecular formula is C17H22N2O3. The van der Waals surface area contributed by atoms with Crippen LogP contribution in [0.2, 0.25) is 0 Å². The zero-order chi connectivity index (χ0) is 15.5. The molecule has 0 aliphatic carbocycles. The van der Waals surface area contributed by atoms with E-state index < -0.39 is 0 Å². The fraction of sp³-hybridized carbons (Fsp3) is 0.471. The lowest BCUT2D eigenvalue weighted by Crippen LogP contribution is -2.46. The Hall–Kier alpha value is -1.69. The van der Waals surface area contributed by atoms with E-state index in [1.807, 2.05) is 19.1 Å². The Morgan fingerprint density at radius 2 is 1.86 bits per heavy atom. The highest BCUT2D eigenvalue weighted by Gasteiger charge is 2.17. The van der Waals surface area contributed by atoms with Gasteiger partial charge in [0.05, 0.1) is 6.61 Å². The summed E-state index contributed by atoms with van der Waals surface area (Å²) in [5.74, 6) is 0. The van der Waals surface area contributed by atoms with Gasteiger partial charge in [-0.25, -0.2) is 4.79 Å². The van der Waals surface area contributed by atoms with Crippen LogP contribution in [0.5, 0.6) is 0 Å². The maximum atomic E-state index is 11.7. The number of aryl methyl sites for hydroxylation is 1. The van der Waals surface area contributed by atoms with Gasteiger partial charge < -0.3 is 9.52 Å². The molecule has 5 heteroatoms. The predicted octanol–water partition coefficient (Wildman–Crippen LogP) is 1.21. The molecule has 1 aliphatic heterocycles. The van der Waals surface area contributed by atoms with E-state index in [0.29, 0.717) is 5.58 Å². The normalized spacial score (nSPS) is 17.2. The number of aliphatic hydroxyl groups is 1. The van der Waals surface area contributed by atoms with Crippen LogP contribution in [0.3, 0.4) is 0 Å². The summed E-state index contributed by atoms with van der Waals surface area (Å²) in [6, 6.07) is 7.52. The smallest absolute Gasteiger partial charge is 0.336 e. The number of rotatable bonds is 4. The van der Waals surface area contributed by atoms with Crippen molar-refractivity contribution in [1.82, 2.24) is 9.80 Å². The molecular weight excluding hydrogens is 280 g/mol. The lowest BCUT2D eigenvalue weighted by Gasteiger charge is -2.34. The first-order valence-electron chi connectivity index (χ1n) is 7.74. The van der Waals surface area contributed by atoms with E-state index in [4.69, 9.17) is 9.52 Å². The molecule has 3 rings (SSSR count). The Labute approximate surface area is 129 Å². The van der Waals surface area contributed by atoms with E-state index in [1.54, 1.807) is 6.07 Å². The summed E-state index contributed by atoms with van der Waals surface area (Å²) < 4.78 is 5.29. The van der Waals surface area contributed by atoms with Gasteiger partial charge in [-0.05, 0) is 24.6 Å². The fourth-order valence-corrected chi connectivity index (χ4v) is 3.03. The summed E-state index contributed by atoms with van der Waals surface area (Å²) in [6.45, 7) is 7.58. The first-order chi connectivity index (χ1) is 10.7. The number of nitrogens with zero attached hydrogens (tertiary/aromatic N) is 2. The summed E-state index contributed by atoms with van der Waals surface area (Å²) in [5.41, 5.74) is 2.57. The van der Waals surface area contributed by atoms with Crippen LogP contribution in [-0.4, -0.2) is 54.2 Å². The van der Waals surface area contributed by atoms with Gasteiger partial charge in [-0.15, -0.1) is 0 Å². The Morgan fingerprint density at radius 3 is 2.59 bits per heavy atom. The molecule has 1 aromatic carbocycles. The maximum Gasteiger partial charge on any atom is 0.336 e. The molecule has 0 saturated carbocycles. The molecule has 1 aliphatic rings. The van der Waals surface area contributed by atoms with Crippen LogP contribution in [0, 0.1) is 6.92 Å². The van der Waals surface area contributed by atoms with Gasteiger partial charge in [-0.3, -0.25) is 9.80 Å². The number of aliphatic hydroxyl groups excluding tert-OH is 1. The summed E-state index contributed by atoms with van der Waals surface area (Å²) >= 11 is 0. The number of β-amino-alcohol motifs (C(OH)–C–C–N with tert-alkyl or cyclic N) is 1. The molecule has 2 heterocycles. The molecule has 22 heavy (non-hydrogen) atoms. The number of fused-ring (bicyclic) bond motifs is 1. The molecule has 0 bridgehead atoms. The van der Waals surface area contributed by atoms with Crippen molar-refractivity contribution in [3.63, 3.8) is 0 Å². The molecule has 1 fully saturated rings. The third-order valence-corrected chi connectivity index (χ3v) is 4.26. The molecule has 1 aromatic heterocycles. The largest absolute Gasteiger partial charge is 0.423 e. The standard InChI is InChI=1S/C17H22N2O3/c1-13-2-3-16-15(10-13)14(11-17(21)22-16)12-19-6-4-18(5-7-19)8-9-20/h2-3,10-11,20H,4-9,12H2,1H3. The van der Waals surface area contributed by atoms with Crippen molar-refractivity contribution in [3.8, 4) is 0 Å². The lowest BCUT2D eigenvalue weighted by atomic mass is 10.1. The Kier molecular flexibility index (Phi) is 4.57. The molecule has 0 spiro atoms. The third-order valence-electron chi connectivity index (χ3n) is 4.26. The van der Waals surface area contributed by atoms with Crippen LogP contribution in [0.25, 0.3) is 11.0 Å². The van der Waals surface area contributed by atoms with Crippen molar-refractivity contribution >= 4 is 11.0 Å². The first kappa shape index (κ1) is 15.2. The summed E-state index contributed by atoms with van der Waals surface area (Å²) in [4.78, 5) is 16.4. The van der Waals surface area contributed by atoms with Crippen molar-refractivity contribution in [3.05, 3.63) is 45.8 Å². The molecule has 5 nitrogen and oxygen atoms in total. The van der Waals surface area contributed by atoms with Crippen molar-refractivity contribution in [2.45, 2.75) is 13.5 Å². The molecule has 118 valence electrons. The molecule has 0 amide bonds. The van der Waals surface area contributed by atoms with Crippen LogP contribution in [-0.2, 0) is 6.54 Å². The van der Waals surface area contributed by atoms with E-state index >= 15 is 0 Å².